The van der Waals surface area contributed by atoms with Gasteiger partial charge in [0.25, 0.3) is 11.5 Å². The predicted octanol–water partition coefficient (Wildman–Crippen LogP) is 0.927. The number of pyridine rings is 1. The van der Waals surface area contributed by atoms with Crippen LogP contribution < -0.4 is 10.9 Å². The predicted molar refractivity (Wildman–Crippen MR) is 84.1 cm³/mol. The minimum absolute atomic E-state index is 0.0882. The molecule has 0 unspecified atom stereocenters. The molecule has 118 valence electrons. The fourth-order valence-electron chi connectivity index (χ4n) is 1.96. The van der Waals surface area contributed by atoms with Crippen LogP contribution in [0.1, 0.15) is 21.3 Å². The van der Waals surface area contributed by atoms with Gasteiger partial charge in [0.2, 0.25) is 0 Å². The second-order valence-electron chi connectivity index (χ2n) is 4.65. The van der Waals surface area contributed by atoms with Crippen molar-refractivity contribution in [1.82, 2.24) is 9.88 Å². The molecule has 0 radical (unpaired) electrons. The number of carbonyl (C=O) groups excluding carboxylic acids is 1. The van der Waals surface area contributed by atoms with Crippen LogP contribution in [0.4, 0.5) is 0 Å². The molecule has 0 saturated carbocycles. The fourth-order valence-corrected chi connectivity index (χ4v) is 2.74. The van der Waals surface area contributed by atoms with Crippen LogP contribution in [0, 0.1) is 0 Å². The molecule has 0 saturated heterocycles. The Labute approximate surface area is 132 Å². The third-order valence-corrected chi connectivity index (χ3v) is 4.05. The van der Waals surface area contributed by atoms with Crippen LogP contribution in [-0.4, -0.2) is 35.3 Å². The Morgan fingerprint density at radius 3 is 2.95 bits per heavy atom. The Bertz CT molecular complexity index is 666. The van der Waals surface area contributed by atoms with E-state index in [0.29, 0.717) is 0 Å². The maximum absolute atomic E-state index is 12.1. The molecule has 1 atom stereocenters. The van der Waals surface area contributed by atoms with Gasteiger partial charge in [-0.3, -0.25) is 9.59 Å². The summed E-state index contributed by atoms with van der Waals surface area (Å²) in [5, 5.41) is 13.5. The van der Waals surface area contributed by atoms with Crippen LogP contribution in [0.2, 0.25) is 0 Å². The van der Waals surface area contributed by atoms with E-state index in [9.17, 15) is 9.59 Å². The van der Waals surface area contributed by atoms with Crippen molar-refractivity contribution < 1.29 is 14.6 Å². The van der Waals surface area contributed by atoms with Gasteiger partial charge >= 0.3 is 0 Å². The van der Waals surface area contributed by atoms with E-state index in [4.69, 9.17) is 9.84 Å². The van der Waals surface area contributed by atoms with Gasteiger partial charge in [0, 0.05) is 24.7 Å². The first kappa shape index (κ1) is 16.4. The molecule has 6 nitrogen and oxygen atoms in total. The van der Waals surface area contributed by atoms with Crippen molar-refractivity contribution in [2.45, 2.75) is 6.10 Å². The number of nitrogens with one attached hydrogen (secondary N) is 1. The number of rotatable bonds is 7. The molecule has 2 rings (SSSR count). The highest BCUT2D eigenvalue weighted by Gasteiger charge is 2.17. The summed E-state index contributed by atoms with van der Waals surface area (Å²) in [5.74, 6) is -0.435. The van der Waals surface area contributed by atoms with Crippen LogP contribution in [-0.2, 0) is 11.8 Å². The maximum atomic E-state index is 12.1. The normalized spacial score (nSPS) is 12.1. The molecule has 2 heterocycles. The van der Waals surface area contributed by atoms with Crippen LogP contribution >= 0.6 is 11.3 Å². The molecular formula is C15H18N2O4S. The summed E-state index contributed by atoms with van der Waals surface area (Å²) in [6.45, 7) is 0.331. The zero-order chi connectivity index (χ0) is 15.9. The van der Waals surface area contributed by atoms with E-state index in [1.54, 1.807) is 19.3 Å². The monoisotopic (exact) mass is 322 g/mol. The molecule has 0 aromatic carbocycles. The van der Waals surface area contributed by atoms with E-state index in [1.807, 2.05) is 17.5 Å². The molecule has 22 heavy (non-hydrogen) atoms. The SMILES string of the molecule is Cn1cccc(C(=O)NC[C@@H](OCCO)c2cccs2)c1=O. The van der Waals surface area contributed by atoms with Gasteiger partial charge in [-0.1, -0.05) is 6.07 Å². The molecular weight excluding hydrogens is 304 g/mol. The third kappa shape index (κ3) is 4.03. The van der Waals surface area contributed by atoms with Crippen molar-refractivity contribution in [3.05, 3.63) is 56.6 Å². The number of thiophene rings is 1. The molecule has 0 aliphatic heterocycles. The lowest BCUT2D eigenvalue weighted by Gasteiger charge is -2.16. The summed E-state index contributed by atoms with van der Waals surface area (Å²) in [5.41, 5.74) is -0.249. The number of ether oxygens (including phenoxy) is 1. The number of hydrogen-bond acceptors (Lipinski definition) is 5. The summed E-state index contributed by atoms with van der Waals surface area (Å²) in [6.07, 6.45) is 1.25. The van der Waals surface area contributed by atoms with Crippen LogP contribution in [0.25, 0.3) is 0 Å². The van der Waals surface area contributed by atoms with Crippen molar-refractivity contribution in [3.63, 3.8) is 0 Å². The van der Waals surface area contributed by atoms with E-state index >= 15 is 0 Å². The lowest BCUT2D eigenvalue weighted by atomic mass is 10.2. The lowest BCUT2D eigenvalue weighted by molar-refractivity contribution is 0.0296. The van der Waals surface area contributed by atoms with Gasteiger partial charge in [0.1, 0.15) is 11.7 Å². The van der Waals surface area contributed by atoms with E-state index < -0.39 is 5.91 Å². The highest BCUT2D eigenvalue weighted by atomic mass is 32.1. The largest absolute Gasteiger partial charge is 0.394 e. The topological polar surface area (TPSA) is 80.6 Å². The first-order valence-corrected chi connectivity index (χ1v) is 7.71. The second-order valence-corrected chi connectivity index (χ2v) is 5.63. The molecule has 0 fully saturated rings. The van der Waals surface area contributed by atoms with Gasteiger partial charge in [-0.2, -0.15) is 0 Å². The summed E-state index contributed by atoms with van der Waals surface area (Å²) in [4.78, 5) is 25.0. The molecule has 2 aromatic rings. The van der Waals surface area contributed by atoms with Gasteiger partial charge in [0.15, 0.2) is 0 Å². The highest BCUT2D eigenvalue weighted by molar-refractivity contribution is 7.10. The Kier molecular flexibility index (Phi) is 5.88. The molecule has 0 aliphatic carbocycles. The summed E-state index contributed by atoms with van der Waals surface area (Å²) < 4.78 is 6.89. The molecule has 1 amide bonds. The molecule has 2 aromatic heterocycles. The molecule has 0 aliphatic rings. The number of aliphatic hydroxyl groups is 1. The van der Waals surface area contributed by atoms with E-state index in [0.717, 1.165) is 4.88 Å². The molecule has 0 spiro atoms. The smallest absolute Gasteiger partial charge is 0.263 e. The van der Waals surface area contributed by atoms with Crippen LogP contribution in [0.3, 0.4) is 0 Å². The number of carbonyl (C=O) groups is 1. The van der Waals surface area contributed by atoms with Gasteiger partial charge in [-0.25, -0.2) is 0 Å². The van der Waals surface area contributed by atoms with Crippen molar-refractivity contribution in [3.8, 4) is 0 Å². The minimum Gasteiger partial charge on any atom is -0.394 e. The first-order valence-electron chi connectivity index (χ1n) is 6.83. The number of amides is 1. The second kappa shape index (κ2) is 7.88. The van der Waals surface area contributed by atoms with Gasteiger partial charge in [-0.05, 0) is 23.6 Å². The van der Waals surface area contributed by atoms with E-state index in [2.05, 4.69) is 5.32 Å². The van der Waals surface area contributed by atoms with Crippen molar-refractivity contribution >= 4 is 17.2 Å². The number of aromatic nitrogens is 1. The van der Waals surface area contributed by atoms with Gasteiger partial charge in [-0.15, -0.1) is 11.3 Å². The van der Waals surface area contributed by atoms with Crippen molar-refractivity contribution in [2.75, 3.05) is 19.8 Å². The summed E-state index contributed by atoms with van der Waals surface area (Å²) in [6, 6.07) is 6.94. The quantitative estimate of drug-likeness (QED) is 0.794. The average molecular weight is 322 g/mol. The minimum atomic E-state index is -0.435. The zero-order valence-electron chi connectivity index (χ0n) is 12.2. The Morgan fingerprint density at radius 1 is 1.45 bits per heavy atom. The number of nitrogens with zero attached hydrogens (tertiary/aromatic N) is 1. The summed E-state index contributed by atoms with van der Waals surface area (Å²) >= 11 is 1.51. The van der Waals surface area contributed by atoms with Crippen molar-refractivity contribution in [1.29, 1.82) is 0 Å². The first-order chi connectivity index (χ1) is 10.6. The molecule has 0 bridgehead atoms. The number of aliphatic hydroxyl groups excluding tert-OH is 1. The van der Waals surface area contributed by atoms with Crippen LogP contribution in [0.5, 0.6) is 0 Å². The number of hydrogen-bond donors (Lipinski definition) is 2. The average Bonchev–Trinajstić information content (AvgIpc) is 3.04. The maximum Gasteiger partial charge on any atom is 0.263 e. The van der Waals surface area contributed by atoms with E-state index in [1.165, 1.54) is 22.0 Å². The Morgan fingerprint density at radius 2 is 2.27 bits per heavy atom. The third-order valence-electron chi connectivity index (χ3n) is 3.09. The molecule has 7 heteroatoms. The van der Waals surface area contributed by atoms with Crippen molar-refractivity contribution in [2.24, 2.45) is 7.05 Å². The standard InChI is InChI=1S/C15H18N2O4S/c1-17-6-2-4-11(15(17)20)14(19)16-10-12(21-8-7-18)13-5-3-9-22-13/h2-6,9,12,18H,7-8,10H2,1H3,(H,16,19)/t12-/m1/s1. The lowest BCUT2D eigenvalue weighted by Crippen LogP contribution is -2.34. The van der Waals surface area contributed by atoms with Gasteiger partial charge in [0.05, 0.1) is 13.2 Å². The van der Waals surface area contributed by atoms with Gasteiger partial charge < -0.3 is 19.7 Å². The zero-order valence-corrected chi connectivity index (χ0v) is 13.0. The fraction of sp³-hybridized carbons (Fsp3) is 0.333. The Balaban J connectivity index is 2.04. The summed E-state index contributed by atoms with van der Waals surface area (Å²) in [7, 11) is 1.60. The molecule has 2 N–H and O–H groups in total. The van der Waals surface area contributed by atoms with Crippen LogP contribution in [0.15, 0.2) is 40.6 Å². The number of aryl methyl sites for hydroxylation is 1. The Hall–Kier alpha value is -1.96. The van der Waals surface area contributed by atoms with E-state index in [-0.39, 0.29) is 37.0 Å². The highest BCUT2D eigenvalue weighted by Crippen LogP contribution is 2.21.